The Balaban J connectivity index is 3.18. The Bertz CT molecular complexity index is 285. The maximum Gasteiger partial charge on any atom is 0.308 e. The lowest BCUT2D eigenvalue weighted by Crippen LogP contribution is -2.13. The summed E-state index contributed by atoms with van der Waals surface area (Å²) >= 11 is 0. The van der Waals surface area contributed by atoms with E-state index in [4.69, 9.17) is 5.11 Å². The number of allylic oxidation sites excluding steroid dienone is 2. The number of rotatable bonds is 16. The second kappa shape index (κ2) is 17.5. The van der Waals surface area contributed by atoms with Crippen LogP contribution in [-0.4, -0.2) is 17.4 Å². The average molecular weight is 327 g/mol. The molecule has 1 unspecified atom stereocenters. The van der Waals surface area contributed by atoms with Gasteiger partial charge in [-0.25, -0.2) is 0 Å². The van der Waals surface area contributed by atoms with E-state index in [1.54, 1.807) is 0 Å². The highest BCUT2D eigenvalue weighted by molar-refractivity contribution is 5.69. The minimum Gasteiger partial charge on any atom is -0.436 e. The highest BCUT2D eigenvalue weighted by atomic mass is 16.6. The summed E-state index contributed by atoms with van der Waals surface area (Å²) in [6, 6.07) is 0. The van der Waals surface area contributed by atoms with Crippen LogP contribution in [0.1, 0.15) is 104 Å². The van der Waals surface area contributed by atoms with Crippen molar-refractivity contribution in [2.75, 3.05) is 0 Å². The van der Waals surface area contributed by atoms with Crippen LogP contribution in [0.4, 0.5) is 0 Å². The molecule has 0 aliphatic rings. The van der Waals surface area contributed by atoms with E-state index in [9.17, 15) is 4.79 Å². The van der Waals surface area contributed by atoms with Crippen molar-refractivity contribution in [3.8, 4) is 0 Å². The average Bonchev–Trinajstić information content (AvgIpc) is 2.50. The smallest absolute Gasteiger partial charge is 0.308 e. The molecule has 3 heteroatoms. The predicted octanol–water partition coefficient (Wildman–Crippen LogP) is 5.91. The van der Waals surface area contributed by atoms with Crippen LogP contribution in [0.5, 0.6) is 0 Å². The fourth-order valence-corrected chi connectivity index (χ4v) is 2.59. The maximum absolute atomic E-state index is 11.2. The van der Waals surface area contributed by atoms with E-state index in [-0.39, 0.29) is 5.97 Å². The minimum atomic E-state index is -0.981. The summed E-state index contributed by atoms with van der Waals surface area (Å²) in [4.78, 5) is 11.2. The third-order valence-corrected chi connectivity index (χ3v) is 3.94. The van der Waals surface area contributed by atoms with Gasteiger partial charge in [-0.15, -0.1) is 0 Å². The molecule has 23 heavy (non-hydrogen) atoms. The molecule has 3 nitrogen and oxygen atoms in total. The first kappa shape index (κ1) is 22.2. The quantitative estimate of drug-likeness (QED) is 0.166. The zero-order chi connectivity index (χ0) is 17.2. The number of hydrogen-bond acceptors (Lipinski definition) is 3. The summed E-state index contributed by atoms with van der Waals surface area (Å²) < 4.78 is 4.68. The second-order valence-electron chi connectivity index (χ2n) is 6.42. The van der Waals surface area contributed by atoms with E-state index in [0.29, 0.717) is 6.42 Å². The van der Waals surface area contributed by atoms with Crippen molar-refractivity contribution < 1.29 is 14.6 Å². The third-order valence-electron chi connectivity index (χ3n) is 3.94. The topological polar surface area (TPSA) is 46.5 Å². The molecule has 0 aromatic rings. The number of carbonyl (C=O) groups is 1. The van der Waals surface area contributed by atoms with Crippen LogP contribution in [0, 0.1) is 0 Å². The van der Waals surface area contributed by atoms with Gasteiger partial charge in [0.15, 0.2) is 6.29 Å². The van der Waals surface area contributed by atoms with Crippen LogP contribution in [0.2, 0.25) is 0 Å². The van der Waals surface area contributed by atoms with Crippen molar-refractivity contribution in [2.24, 2.45) is 0 Å². The van der Waals surface area contributed by atoms with E-state index in [0.717, 1.165) is 12.8 Å². The van der Waals surface area contributed by atoms with Crippen molar-refractivity contribution in [2.45, 2.75) is 110 Å². The minimum absolute atomic E-state index is 0.294. The molecule has 0 heterocycles. The summed E-state index contributed by atoms with van der Waals surface area (Å²) in [7, 11) is 0. The van der Waals surface area contributed by atoms with Gasteiger partial charge in [0.05, 0.1) is 0 Å². The molecular weight excluding hydrogens is 288 g/mol. The lowest BCUT2D eigenvalue weighted by molar-refractivity contribution is -0.164. The normalized spacial score (nSPS) is 12.7. The van der Waals surface area contributed by atoms with E-state index < -0.39 is 6.29 Å². The van der Waals surface area contributed by atoms with Gasteiger partial charge in [-0.3, -0.25) is 4.79 Å². The second-order valence-corrected chi connectivity index (χ2v) is 6.42. The molecule has 1 atom stereocenters. The van der Waals surface area contributed by atoms with Gasteiger partial charge in [0.2, 0.25) is 0 Å². The molecule has 0 amide bonds. The van der Waals surface area contributed by atoms with Crippen LogP contribution in [0.3, 0.4) is 0 Å². The van der Waals surface area contributed by atoms with E-state index in [2.05, 4.69) is 23.8 Å². The number of ether oxygens (including phenoxy) is 1. The predicted molar refractivity (Wildman–Crippen MR) is 97.2 cm³/mol. The molecule has 0 fully saturated rings. The van der Waals surface area contributed by atoms with Gasteiger partial charge < -0.3 is 9.84 Å². The van der Waals surface area contributed by atoms with Gasteiger partial charge in [0, 0.05) is 6.42 Å². The molecule has 0 rings (SSSR count). The van der Waals surface area contributed by atoms with Crippen molar-refractivity contribution >= 4 is 5.97 Å². The fourth-order valence-electron chi connectivity index (χ4n) is 2.59. The zero-order valence-corrected chi connectivity index (χ0v) is 15.4. The van der Waals surface area contributed by atoms with Crippen LogP contribution >= 0.6 is 0 Å². The molecule has 0 saturated carbocycles. The standard InChI is InChI=1S/C20H38O3/c1-3-4-5-6-7-8-9-10-11-12-13-14-15-16-17-18-20(22)23-19(2)21/h10-11,19,21H,3-9,12-18H2,1-2H3/b11-10-. The van der Waals surface area contributed by atoms with Crippen molar-refractivity contribution in [1.82, 2.24) is 0 Å². The number of aliphatic hydroxyl groups excluding tert-OH is 1. The van der Waals surface area contributed by atoms with Crippen molar-refractivity contribution in [3.05, 3.63) is 12.2 Å². The zero-order valence-electron chi connectivity index (χ0n) is 15.4. The highest BCUT2D eigenvalue weighted by Crippen LogP contribution is 2.10. The summed E-state index contributed by atoms with van der Waals surface area (Å²) in [5, 5.41) is 8.90. The molecule has 0 aromatic carbocycles. The van der Waals surface area contributed by atoms with E-state index in [1.165, 1.54) is 77.6 Å². The Hall–Kier alpha value is -0.830. The number of hydrogen-bond donors (Lipinski definition) is 1. The largest absolute Gasteiger partial charge is 0.436 e. The van der Waals surface area contributed by atoms with Gasteiger partial charge in [-0.05, 0) is 39.0 Å². The fraction of sp³-hybridized carbons (Fsp3) is 0.850. The third kappa shape index (κ3) is 19.1. The molecule has 0 aliphatic carbocycles. The number of aliphatic hydroxyl groups is 1. The number of carbonyl (C=O) groups excluding carboxylic acids is 1. The lowest BCUT2D eigenvalue weighted by atomic mass is 10.1. The first-order chi connectivity index (χ1) is 11.2. The molecule has 0 saturated heterocycles. The van der Waals surface area contributed by atoms with Crippen molar-refractivity contribution in [1.29, 1.82) is 0 Å². The maximum atomic E-state index is 11.2. The van der Waals surface area contributed by atoms with Gasteiger partial charge in [-0.1, -0.05) is 70.4 Å². The number of esters is 1. The Kier molecular flexibility index (Phi) is 16.9. The summed E-state index contributed by atoms with van der Waals surface area (Å²) in [5.74, 6) is -0.294. The van der Waals surface area contributed by atoms with Crippen LogP contribution in [0.25, 0.3) is 0 Å². The molecule has 136 valence electrons. The summed E-state index contributed by atoms with van der Waals surface area (Å²) in [5.41, 5.74) is 0. The van der Waals surface area contributed by atoms with Crippen LogP contribution in [0.15, 0.2) is 12.2 Å². The molecule has 1 N–H and O–H groups in total. The van der Waals surface area contributed by atoms with Crippen LogP contribution in [-0.2, 0) is 9.53 Å². The summed E-state index contributed by atoms with van der Waals surface area (Å²) in [6.07, 6.45) is 20.3. The Labute approximate surface area is 143 Å². The highest BCUT2D eigenvalue weighted by Gasteiger charge is 2.05. The number of unbranched alkanes of at least 4 members (excludes halogenated alkanes) is 11. The Morgan fingerprint density at radius 2 is 1.35 bits per heavy atom. The van der Waals surface area contributed by atoms with Gasteiger partial charge >= 0.3 is 5.97 Å². The van der Waals surface area contributed by atoms with E-state index in [1.807, 2.05) is 0 Å². The van der Waals surface area contributed by atoms with Gasteiger partial charge in [0.1, 0.15) is 0 Å². The van der Waals surface area contributed by atoms with Crippen LogP contribution < -0.4 is 0 Å². The lowest BCUT2D eigenvalue weighted by Gasteiger charge is -2.06. The molecular formula is C20H38O3. The first-order valence-corrected chi connectivity index (χ1v) is 9.69. The Morgan fingerprint density at radius 3 is 1.87 bits per heavy atom. The molecule has 0 aromatic heterocycles. The Morgan fingerprint density at radius 1 is 0.870 bits per heavy atom. The van der Waals surface area contributed by atoms with Crippen molar-refractivity contribution in [3.63, 3.8) is 0 Å². The molecule has 0 spiro atoms. The first-order valence-electron chi connectivity index (χ1n) is 9.69. The van der Waals surface area contributed by atoms with E-state index >= 15 is 0 Å². The monoisotopic (exact) mass is 326 g/mol. The molecule has 0 aliphatic heterocycles. The molecule has 0 bridgehead atoms. The molecule has 0 radical (unpaired) electrons. The van der Waals surface area contributed by atoms with Gasteiger partial charge in [0.25, 0.3) is 0 Å². The summed E-state index contributed by atoms with van der Waals surface area (Å²) in [6.45, 7) is 3.71. The SMILES string of the molecule is CCCCCCCC/C=C\CCCCCCCC(=O)OC(C)O. The van der Waals surface area contributed by atoms with Gasteiger partial charge in [-0.2, -0.15) is 0 Å².